The minimum Gasteiger partial charge on any atom is -0.312 e. The molecule has 0 aliphatic carbocycles. The lowest BCUT2D eigenvalue weighted by Gasteiger charge is -2.08. The maximum Gasteiger partial charge on any atom is 0.158 e. The van der Waals surface area contributed by atoms with Crippen LogP contribution < -0.4 is 0 Å². The van der Waals surface area contributed by atoms with Crippen LogP contribution in [0.5, 0.6) is 0 Å². The number of hydrogen-bond acceptors (Lipinski definition) is 3. The Hall–Kier alpha value is -1.88. The lowest BCUT2D eigenvalue weighted by molar-refractivity contribution is 0.649. The summed E-state index contributed by atoms with van der Waals surface area (Å²) in [7, 11) is 1.96. The highest BCUT2D eigenvalue weighted by Crippen LogP contribution is 2.21. The number of fused-ring (bicyclic) bond motifs is 1. The van der Waals surface area contributed by atoms with E-state index in [0.717, 1.165) is 42.1 Å². The molecule has 3 aromatic heterocycles. The number of alkyl halides is 1. The van der Waals surface area contributed by atoms with E-state index >= 15 is 0 Å². The number of imidazole rings is 1. The molecule has 5 nitrogen and oxygen atoms in total. The highest BCUT2D eigenvalue weighted by atomic mass is 35.5. The van der Waals surface area contributed by atoms with Crippen molar-refractivity contribution >= 4 is 22.8 Å². The van der Waals surface area contributed by atoms with Crippen LogP contribution in [-0.4, -0.2) is 24.3 Å². The van der Waals surface area contributed by atoms with E-state index in [2.05, 4.69) is 26.6 Å². The van der Waals surface area contributed by atoms with Crippen LogP contribution in [-0.2, 0) is 32.3 Å². The molecule has 0 spiro atoms. The standard InChI is InChI=1S/C15H18ClN5/c1-3-12-14-15(20(2)19-12)21(13(10-16)18-14)9-6-11-4-7-17-8-5-11/h4-5,7-8H,3,6,9-10H2,1-2H3. The third-order valence-corrected chi connectivity index (χ3v) is 3.94. The Morgan fingerprint density at radius 3 is 2.67 bits per heavy atom. The van der Waals surface area contributed by atoms with Crippen molar-refractivity contribution in [2.75, 3.05) is 0 Å². The topological polar surface area (TPSA) is 48.5 Å². The molecule has 0 saturated carbocycles. The minimum atomic E-state index is 0.411. The first kappa shape index (κ1) is 14.1. The summed E-state index contributed by atoms with van der Waals surface area (Å²) in [5.74, 6) is 1.32. The van der Waals surface area contributed by atoms with Crippen LogP contribution in [0.4, 0.5) is 0 Å². The number of halogens is 1. The molecule has 0 atom stereocenters. The number of pyridine rings is 1. The number of rotatable bonds is 5. The summed E-state index contributed by atoms with van der Waals surface area (Å²) in [6.45, 7) is 2.93. The third-order valence-electron chi connectivity index (χ3n) is 3.70. The summed E-state index contributed by atoms with van der Waals surface area (Å²) in [6, 6.07) is 4.07. The fourth-order valence-corrected chi connectivity index (χ4v) is 2.86. The zero-order valence-electron chi connectivity index (χ0n) is 12.3. The van der Waals surface area contributed by atoms with Crippen molar-refractivity contribution in [2.45, 2.75) is 32.2 Å². The van der Waals surface area contributed by atoms with Gasteiger partial charge in [-0.3, -0.25) is 9.67 Å². The van der Waals surface area contributed by atoms with Crippen molar-refractivity contribution in [2.24, 2.45) is 7.05 Å². The van der Waals surface area contributed by atoms with Gasteiger partial charge in [-0.25, -0.2) is 4.98 Å². The van der Waals surface area contributed by atoms with Crippen LogP contribution in [0, 0.1) is 0 Å². The van der Waals surface area contributed by atoms with E-state index in [1.165, 1.54) is 5.56 Å². The molecule has 0 radical (unpaired) electrons. The molecule has 0 amide bonds. The third kappa shape index (κ3) is 2.53. The van der Waals surface area contributed by atoms with E-state index in [4.69, 9.17) is 11.6 Å². The molecule has 21 heavy (non-hydrogen) atoms. The molecule has 3 rings (SSSR count). The molecule has 6 heteroatoms. The molecule has 0 fully saturated rings. The van der Waals surface area contributed by atoms with E-state index in [0.29, 0.717) is 5.88 Å². The van der Waals surface area contributed by atoms with E-state index in [-0.39, 0.29) is 0 Å². The van der Waals surface area contributed by atoms with Crippen molar-refractivity contribution in [3.8, 4) is 0 Å². The Morgan fingerprint density at radius 2 is 2.00 bits per heavy atom. The van der Waals surface area contributed by atoms with Crippen molar-refractivity contribution in [1.82, 2.24) is 24.3 Å². The Morgan fingerprint density at radius 1 is 1.24 bits per heavy atom. The van der Waals surface area contributed by atoms with Gasteiger partial charge < -0.3 is 4.57 Å². The Bertz CT molecular complexity index is 744. The van der Waals surface area contributed by atoms with Gasteiger partial charge in [0.05, 0.1) is 11.6 Å². The van der Waals surface area contributed by atoms with Crippen molar-refractivity contribution < 1.29 is 0 Å². The van der Waals surface area contributed by atoms with Gasteiger partial charge in [-0.2, -0.15) is 5.10 Å². The first-order chi connectivity index (χ1) is 10.2. The van der Waals surface area contributed by atoms with E-state index in [1.54, 1.807) is 0 Å². The maximum absolute atomic E-state index is 6.07. The number of nitrogens with zero attached hydrogens (tertiary/aromatic N) is 5. The zero-order chi connectivity index (χ0) is 14.8. The first-order valence-electron chi connectivity index (χ1n) is 7.10. The summed E-state index contributed by atoms with van der Waals surface area (Å²) >= 11 is 6.07. The molecule has 0 bridgehead atoms. The molecule has 0 aliphatic rings. The molecule has 0 aromatic carbocycles. The highest BCUT2D eigenvalue weighted by Gasteiger charge is 2.17. The van der Waals surface area contributed by atoms with Gasteiger partial charge in [-0.05, 0) is 30.5 Å². The van der Waals surface area contributed by atoms with Gasteiger partial charge in [-0.1, -0.05) is 6.92 Å². The fourth-order valence-electron chi connectivity index (χ4n) is 2.65. The minimum absolute atomic E-state index is 0.411. The van der Waals surface area contributed by atoms with E-state index in [1.807, 2.05) is 36.3 Å². The Labute approximate surface area is 128 Å². The van der Waals surface area contributed by atoms with Gasteiger partial charge in [0.1, 0.15) is 11.3 Å². The lowest BCUT2D eigenvalue weighted by Crippen LogP contribution is -2.08. The van der Waals surface area contributed by atoms with Crippen LogP contribution >= 0.6 is 11.6 Å². The second-order valence-electron chi connectivity index (χ2n) is 5.01. The van der Waals surface area contributed by atoms with E-state index in [9.17, 15) is 0 Å². The molecular weight excluding hydrogens is 286 g/mol. The molecule has 0 N–H and O–H groups in total. The van der Waals surface area contributed by atoms with Crippen LogP contribution in [0.3, 0.4) is 0 Å². The molecule has 0 unspecified atom stereocenters. The van der Waals surface area contributed by atoms with Crippen molar-refractivity contribution in [3.05, 3.63) is 41.6 Å². The second-order valence-corrected chi connectivity index (χ2v) is 5.28. The first-order valence-corrected chi connectivity index (χ1v) is 7.64. The van der Waals surface area contributed by atoms with Gasteiger partial charge in [0.25, 0.3) is 0 Å². The number of aryl methyl sites for hydroxylation is 4. The molecule has 3 heterocycles. The highest BCUT2D eigenvalue weighted by molar-refractivity contribution is 6.16. The number of aromatic nitrogens is 5. The maximum atomic E-state index is 6.07. The van der Waals surface area contributed by atoms with Crippen LogP contribution in [0.15, 0.2) is 24.5 Å². The zero-order valence-corrected chi connectivity index (χ0v) is 13.0. The van der Waals surface area contributed by atoms with Crippen molar-refractivity contribution in [1.29, 1.82) is 0 Å². The molecule has 0 saturated heterocycles. The fraction of sp³-hybridized carbons (Fsp3) is 0.400. The molecular formula is C15H18ClN5. The lowest BCUT2D eigenvalue weighted by atomic mass is 10.2. The number of hydrogen-bond donors (Lipinski definition) is 0. The SMILES string of the molecule is CCc1nn(C)c2c1nc(CCl)n2CCc1ccncc1. The molecule has 0 aliphatic heterocycles. The quantitative estimate of drug-likeness (QED) is 0.681. The monoisotopic (exact) mass is 303 g/mol. The summed E-state index contributed by atoms with van der Waals surface area (Å²) in [5.41, 5.74) is 4.31. The predicted molar refractivity (Wildman–Crippen MR) is 83.4 cm³/mol. The van der Waals surface area contributed by atoms with Crippen molar-refractivity contribution in [3.63, 3.8) is 0 Å². The van der Waals surface area contributed by atoms with Gasteiger partial charge in [0, 0.05) is 26.0 Å². The molecule has 110 valence electrons. The molecule has 3 aromatic rings. The summed E-state index contributed by atoms with van der Waals surface area (Å²) in [6.07, 6.45) is 5.44. The predicted octanol–water partition coefficient (Wildman–Crippen LogP) is 2.71. The Kier molecular flexibility index (Phi) is 3.92. The normalized spacial score (nSPS) is 11.4. The average Bonchev–Trinajstić information content (AvgIpc) is 3.03. The van der Waals surface area contributed by atoms with Crippen LogP contribution in [0.1, 0.15) is 24.0 Å². The Balaban J connectivity index is 1.98. The smallest absolute Gasteiger partial charge is 0.158 e. The van der Waals surface area contributed by atoms with Gasteiger partial charge >= 0.3 is 0 Å². The van der Waals surface area contributed by atoms with Crippen LogP contribution in [0.25, 0.3) is 11.2 Å². The van der Waals surface area contributed by atoms with Gasteiger partial charge in [0.2, 0.25) is 0 Å². The largest absolute Gasteiger partial charge is 0.312 e. The van der Waals surface area contributed by atoms with E-state index < -0.39 is 0 Å². The summed E-state index contributed by atoms with van der Waals surface area (Å²) in [5, 5.41) is 4.54. The second kappa shape index (κ2) is 5.85. The van der Waals surface area contributed by atoms with Crippen LogP contribution in [0.2, 0.25) is 0 Å². The average molecular weight is 304 g/mol. The van der Waals surface area contributed by atoms with Gasteiger partial charge in [0.15, 0.2) is 5.65 Å². The summed E-state index contributed by atoms with van der Waals surface area (Å²) in [4.78, 5) is 8.72. The summed E-state index contributed by atoms with van der Waals surface area (Å²) < 4.78 is 4.08. The van der Waals surface area contributed by atoms with Gasteiger partial charge in [-0.15, -0.1) is 11.6 Å².